The SMILES string of the molecule is NNc1nc2ccccc2cc1CN1CCOCC1=O. The molecule has 2 aromatic rings. The van der Waals surface area contributed by atoms with E-state index in [0.29, 0.717) is 25.5 Å². The maximum absolute atomic E-state index is 11.8. The fourth-order valence-electron chi connectivity index (χ4n) is 2.33. The quantitative estimate of drug-likeness (QED) is 0.640. The minimum absolute atomic E-state index is 0.00706. The Morgan fingerprint density at radius 1 is 1.40 bits per heavy atom. The zero-order chi connectivity index (χ0) is 13.9. The minimum atomic E-state index is -0.00706. The van der Waals surface area contributed by atoms with Crippen molar-refractivity contribution in [2.24, 2.45) is 5.84 Å². The van der Waals surface area contributed by atoms with E-state index in [-0.39, 0.29) is 12.5 Å². The predicted molar refractivity (Wildman–Crippen MR) is 75.8 cm³/mol. The van der Waals surface area contributed by atoms with Gasteiger partial charge in [-0.05, 0) is 12.1 Å². The molecule has 1 aromatic heterocycles. The number of fused-ring (bicyclic) bond motifs is 1. The molecule has 2 heterocycles. The number of benzene rings is 1. The summed E-state index contributed by atoms with van der Waals surface area (Å²) < 4.78 is 5.13. The summed E-state index contributed by atoms with van der Waals surface area (Å²) in [5, 5.41) is 1.03. The molecule has 1 aliphatic rings. The van der Waals surface area contributed by atoms with Crippen LogP contribution in [0.2, 0.25) is 0 Å². The lowest BCUT2D eigenvalue weighted by atomic mass is 10.1. The lowest BCUT2D eigenvalue weighted by Crippen LogP contribution is -2.41. The number of anilines is 1. The largest absolute Gasteiger partial charge is 0.370 e. The van der Waals surface area contributed by atoms with E-state index in [1.54, 1.807) is 4.90 Å². The fourth-order valence-corrected chi connectivity index (χ4v) is 2.33. The van der Waals surface area contributed by atoms with Crippen molar-refractivity contribution in [1.29, 1.82) is 0 Å². The second-order valence-electron chi connectivity index (χ2n) is 4.70. The van der Waals surface area contributed by atoms with Crippen molar-refractivity contribution < 1.29 is 9.53 Å². The van der Waals surface area contributed by atoms with Crippen LogP contribution in [0.15, 0.2) is 30.3 Å². The topological polar surface area (TPSA) is 80.5 Å². The van der Waals surface area contributed by atoms with E-state index in [1.807, 2.05) is 30.3 Å². The van der Waals surface area contributed by atoms with Gasteiger partial charge in [0.2, 0.25) is 5.91 Å². The molecule has 3 rings (SSSR count). The third kappa shape index (κ3) is 2.43. The molecule has 0 aliphatic carbocycles. The molecule has 3 N–H and O–H groups in total. The number of nitrogens with one attached hydrogen (secondary N) is 1. The Bertz CT molecular complexity index is 644. The highest BCUT2D eigenvalue weighted by atomic mass is 16.5. The molecule has 0 unspecified atom stereocenters. The van der Waals surface area contributed by atoms with E-state index in [9.17, 15) is 4.79 Å². The maximum atomic E-state index is 11.8. The highest BCUT2D eigenvalue weighted by Gasteiger charge is 2.20. The van der Waals surface area contributed by atoms with Crippen molar-refractivity contribution in [2.75, 3.05) is 25.2 Å². The van der Waals surface area contributed by atoms with Crippen LogP contribution in [0.25, 0.3) is 10.9 Å². The molecular formula is C14H16N4O2. The number of amides is 1. The highest BCUT2D eigenvalue weighted by Crippen LogP contribution is 2.21. The number of nitrogens with zero attached hydrogens (tertiary/aromatic N) is 2. The van der Waals surface area contributed by atoms with Gasteiger partial charge in [0, 0.05) is 24.0 Å². The summed E-state index contributed by atoms with van der Waals surface area (Å²) in [6, 6.07) is 9.83. The maximum Gasteiger partial charge on any atom is 0.248 e. The molecule has 0 atom stereocenters. The highest BCUT2D eigenvalue weighted by molar-refractivity contribution is 5.82. The molecule has 0 spiro atoms. The number of carbonyl (C=O) groups is 1. The summed E-state index contributed by atoms with van der Waals surface area (Å²) in [5.74, 6) is 6.13. The number of hydrazine groups is 1. The number of rotatable bonds is 3. The molecule has 6 heteroatoms. The van der Waals surface area contributed by atoms with Gasteiger partial charge >= 0.3 is 0 Å². The smallest absolute Gasteiger partial charge is 0.248 e. The molecular weight excluding hydrogens is 256 g/mol. The molecule has 0 saturated carbocycles. The van der Waals surface area contributed by atoms with Crippen LogP contribution in [0.3, 0.4) is 0 Å². The lowest BCUT2D eigenvalue weighted by molar-refractivity contribution is -0.143. The third-order valence-electron chi connectivity index (χ3n) is 3.38. The van der Waals surface area contributed by atoms with Gasteiger partial charge in [0.25, 0.3) is 0 Å². The number of hydrogen-bond acceptors (Lipinski definition) is 5. The molecule has 6 nitrogen and oxygen atoms in total. The molecule has 104 valence electrons. The molecule has 1 aromatic carbocycles. The molecule has 0 bridgehead atoms. The predicted octanol–water partition coefficient (Wildman–Crippen LogP) is 0.879. The van der Waals surface area contributed by atoms with E-state index >= 15 is 0 Å². The van der Waals surface area contributed by atoms with Gasteiger partial charge < -0.3 is 15.1 Å². The van der Waals surface area contributed by atoms with Crippen molar-refractivity contribution in [3.8, 4) is 0 Å². The third-order valence-corrected chi connectivity index (χ3v) is 3.38. The van der Waals surface area contributed by atoms with Gasteiger partial charge in [0.15, 0.2) is 0 Å². The van der Waals surface area contributed by atoms with E-state index < -0.39 is 0 Å². The first-order chi connectivity index (χ1) is 9.78. The number of para-hydroxylation sites is 1. The molecule has 1 aliphatic heterocycles. The van der Waals surface area contributed by atoms with Crippen molar-refractivity contribution in [3.05, 3.63) is 35.9 Å². The van der Waals surface area contributed by atoms with Crippen molar-refractivity contribution >= 4 is 22.6 Å². The monoisotopic (exact) mass is 272 g/mol. The van der Waals surface area contributed by atoms with Crippen LogP contribution in [0.4, 0.5) is 5.82 Å². The number of ether oxygens (including phenoxy) is 1. The Balaban J connectivity index is 1.94. The number of morpholine rings is 1. The van der Waals surface area contributed by atoms with Crippen LogP contribution in [0.5, 0.6) is 0 Å². The van der Waals surface area contributed by atoms with Gasteiger partial charge in [-0.3, -0.25) is 4.79 Å². The zero-order valence-electron chi connectivity index (χ0n) is 11.0. The Kier molecular flexibility index (Phi) is 3.49. The number of nitrogen functional groups attached to an aromatic ring is 1. The molecule has 0 radical (unpaired) electrons. The standard InChI is InChI=1S/C14H16N4O2/c15-17-14-11(8-18-5-6-20-9-13(18)19)7-10-3-1-2-4-12(10)16-14/h1-4,7H,5-6,8-9,15H2,(H,16,17). The Morgan fingerprint density at radius 3 is 3.05 bits per heavy atom. The van der Waals surface area contributed by atoms with E-state index in [1.165, 1.54) is 0 Å². The number of nitrogens with two attached hydrogens (primary N) is 1. The number of pyridine rings is 1. The number of hydrogen-bond donors (Lipinski definition) is 2. The molecule has 20 heavy (non-hydrogen) atoms. The first-order valence-corrected chi connectivity index (χ1v) is 6.49. The van der Waals surface area contributed by atoms with Gasteiger partial charge in [-0.2, -0.15) is 0 Å². The average molecular weight is 272 g/mol. The van der Waals surface area contributed by atoms with Gasteiger partial charge in [0.1, 0.15) is 12.4 Å². The Labute approximate surface area is 116 Å². The van der Waals surface area contributed by atoms with Crippen molar-refractivity contribution in [1.82, 2.24) is 9.88 Å². The number of carbonyl (C=O) groups excluding carboxylic acids is 1. The van der Waals surface area contributed by atoms with Crippen LogP contribution >= 0.6 is 0 Å². The first-order valence-electron chi connectivity index (χ1n) is 6.49. The van der Waals surface area contributed by atoms with Crippen molar-refractivity contribution in [2.45, 2.75) is 6.54 Å². The summed E-state index contributed by atoms with van der Waals surface area (Å²) in [5.41, 5.74) is 4.39. The van der Waals surface area contributed by atoms with Crippen LogP contribution < -0.4 is 11.3 Å². The summed E-state index contributed by atoms with van der Waals surface area (Å²) in [6.07, 6.45) is 0. The molecule has 1 amide bonds. The van der Waals surface area contributed by atoms with Crippen LogP contribution in [-0.2, 0) is 16.1 Å². The zero-order valence-corrected chi connectivity index (χ0v) is 11.0. The van der Waals surface area contributed by atoms with E-state index in [0.717, 1.165) is 16.5 Å². The Hall–Kier alpha value is -2.18. The van der Waals surface area contributed by atoms with Gasteiger partial charge in [-0.1, -0.05) is 18.2 Å². The molecule has 1 fully saturated rings. The van der Waals surface area contributed by atoms with E-state index in [4.69, 9.17) is 10.6 Å². The van der Waals surface area contributed by atoms with Crippen LogP contribution in [0, 0.1) is 0 Å². The second-order valence-corrected chi connectivity index (χ2v) is 4.70. The van der Waals surface area contributed by atoms with Crippen LogP contribution in [0.1, 0.15) is 5.56 Å². The van der Waals surface area contributed by atoms with Crippen LogP contribution in [-0.4, -0.2) is 35.5 Å². The normalized spacial score (nSPS) is 15.7. The summed E-state index contributed by atoms with van der Waals surface area (Å²) in [6.45, 7) is 1.79. The Morgan fingerprint density at radius 2 is 2.25 bits per heavy atom. The lowest BCUT2D eigenvalue weighted by Gasteiger charge is -2.27. The average Bonchev–Trinajstić information content (AvgIpc) is 2.49. The van der Waals surface area contributed by atoms with Gasteiger partial charge in [-0.15, -0.1) is 0 Å². The summed E-state index contributed by atoms with van der Waals surface area (Å²) in [4.78, 5) is 18.0. The molecule has 1 saturated heterocycles. The first kappa shape index (κ1) is 12.8. The van der Waals surface area contributed by atoms with E-state index in [2.05, 4.69) is 10.4 Å². The fraction of sp³-hybridized carbons (Fsp3) is 0.286. The van der Waals surface area contributed by atoms with Crippen molar-refractivity contribution in [3.63, 3.8) is 0 Å². The second kappa shape index (κ2) is 5.44. The summed E-state index contributed by atoms with van der Waals surface area (Å²) in [7, 11) is 0. The minimum Gasteiger partial charge on any atom is -0.370 e. The van der Waals surface area contributed by atoms with Gasteiger partial charge in [-0.25, -0.2) is 10.8 Å². The summed E-state index contributed by atoms with van der Waals surface area (Å²) >= 11 is 0. The van der Waals surface area contributed by atoms with Gasteiger partial charge in [0.05, 0.1) is 12.1 Å². The number of aromatic nitrogens is 1.